The van der Waals surface area contributed by atoms with Crippen molar-refractivity contribution in [3.8, 4) is 10.8 Å². The van der Waals surface area contributed by atoms with Gasteiger partial charge in [0, 0.05) is 27.5 Å². The van der Waals surface area contributed by atoms with Gasteiger partial charge in [0.05, 0.1) is 0 Å². The number of hydrogen-bond acceptors (Lipinski definition) is 1. The zero-order valence-corrected chi connectivity index (χ0v) is 8.68. The van der Waals surface area contributed by atoms with Crippen molar-refractivity contribution >= 4 is 27.5 Å². The second-order valence-electron chi connectivity index (χ2n) is 2.54. The molecule has 66 valence electrons. The van der Waals surface area contributed by atoms with E-state index >= 15 is 0 Å². The first-order valence-electron chi connectivity index (χ1n) is 3.71. The summed E-state index contributed by atoms with van der Waals surface area (Å²) < 4.78 is 0. The Morgan fingerprint density at radius 2 is 2.31 bits per heavy atom. The van der Waals surface area contributed by atoms with Gasteiger partial charge < -0.3 is 5.32 Å². The van der Waals surface area contributed by atoms with E-state index in [0.29, 0.717) is 0 Å². The van der Waals surface area contributed by atoms with Crippen molar-refractivity contribution in [1.29, 1.82) is 0 Å². The fourth-order valence-corrected chi connectivity index (χ4v) is 1.11. The molecule has 0 spiro atoms. The van der Waals surface area contributed by atoms with Crippen molar-refractivity contribution in [1.82, 2.24) is 0 Å². The fourth-order valence-electron chi connectivity index (χ4n) is 0.928. The van der Waals surface area contributed by atoms with Gasteiger partial charge in [-0.15, -0.1) is 0 Å². The number of nitrogens with one attached hydrogen (secondary N) is 1. The van der Waals surface area contributed by atoms with Crippen LogP contribution in [-0.4, -0.2) is 5.91 Å². The molecule has 1 N–H and O–H groups in total. The monoisotopic (exact) mass is 237 g/mol. The average Bonchev–Trinajstić information content (AvgIpc) is 2.04. The third-order valence-electron chi connectivity index (χ3n) is 1.44. The summed E-state index contributed by atoms with van der Waals surface area (Å²) in [5.74, 6) is 2.01. The fraction of sp³-hybridized carbons (Fsp3) is 0.100. The quantitative estimate of drug-likeness (QED) is 0.747. The molecule has 0 fully saturated rings. The van der Waals surface area contributed by atoms with Gasteiger partial charge in [-0.2, -0.15) is 0 Å². The number of carbonyl (C=O) groups excluding carboxylic acids is 1. The van der Waals surface area contributed by atoms with E-state index in [4.69, 9.17) is 0 Å². The van der Waals surface area contributed by atoms with Crippen molar-refractivity contribution < 1.29 is 4.79 Å². The van der Waals surface area contributed by atoms with Crippen LogP contribution in [0.3, 0.4) is 0 Å². The summed E-state index contributed by atoms with van der Waals surface area (Å²) in [5.41, 5.74) is 1.87. The maximum absolute atomic E-state index is 11.0. The van der Waals surface area contributed by atoms with Gasteiger partial charge in [-0.3, -0.25) is 4.79 Å². The smallest absolute Gasteiger partial charge is 0.301 e. The highest BCUT2D eigenvalue weighted by Gasteiger charge is 1.96. The zero-order chi connectivity index (χ0) is 9.68. The van der Waals surface area contributed by atoms with Gasteiger partial charge in [-0.25, -0.2) is 0 Å². The van der Waals surface area contributed by atoms with E-state index in [0.717, 1.165) is 11.3 Å². The third kappa shape index (κ3) is 3.30. The number of benzene rings is 1. The van der Waals surface area contributed by atoms with Gasteiger partial charge in [-0.1, -0.05) is 12.1 Å². The first-order valence-corrected chi connectivity index (χ1v) is 4.51. The Morgan fingerprint density at radius 1 is 1.54 bits per heavy atom. The van der Waals surface area contributed by atoms with Crippen LogP contribution >= 0.6 is 15.9 Å². The van der Waals surface area contributed by atoms with Crippen molar-refractivity contribution in [3.05, 3.63) is 29.8 Å². The number of carbonyl (C=O) groups is 1. The van der Waals surface area contributed by atoms with Gasteiger partial charge in [0.15, 0.2) is 0 Å². The standard InChI is InChI=1S/C10H8BrNO/c1-8-3-2-4-9(7-8)12-10(13)5-6-11/h2-4,7H,1H3,(H,12,13). The van der Waals surface area contributed by atoms with Gasteiger partial charge in [0.25, 0.3) is 0 Å². The molecule has 0 aliphatic rings. The minimum absolute atomic E-state index is 0.317. The van der Waals surface area contributed by atoms with Crippen LogP contribution in [0.25, 0.3) is 0 Å². The Bertz CT molecular complexity index is 376. The minimum atomic E-state index is -0.317. The van der Waals surface area contributed by atoms with Crippen LogP contribution in [0.15, 0.2) is 24.3 Å². The molecule has 0 unspecified atom stereocenters. The highest BCUT2D eigenvalue weighted by molar-refractivity contribution is 9.12. The molecule has 0 saturated carbocycles. The summed E-state index contributed by atoms with van der Waals surface area (Å²) in [7, 11) is 0. The Balaban J connectivity index is 2.73. The van der Waals surface area contributed by atoms with Crippen molar-refractivity contribution in [2.24, 2.45) is 0 Å². The van der Waals surface area contributed by atoms with Gasteiger partial charge in [-0.05, 0) is 29.4 Å². The lowest BCUT2D eigenvalue weighted by atomic mass is 10.2. The summed E-state index contributed by atoms with van der Waals surface area (Å²) in [6, 6.07) is 7.55. The number of aryl methyl sites for hydroxylation is 1. The molecule has 1 amide bonds. The lowest BCUT2D eigenvalue weighted by Gasteiger charge is -2.00. The van der Waals surface area contributed by atoms with E-state index in [1.807, 2.05) is 31.2 Å². The molecule has 0 aliphatic carbocycles. The molecule has 0 radical (unpaired) electrons. The van der Waals surface area contributed by atoms with E-state index in [1.54, 1.807) is 0 Å². The summed E-state index contributed by atoms with van der Waals surface area (Å²) in [5, 5.41) is 2.64. The zero-order valence-electron chi connectivity index (χ0n) is 7.10. The third-order valence-corrected chi connectivity index (χ3v) is 1.63. The van der Waals surface area contributed by atoms with Crippen LogP contribution in [0, 0.1) is 17.7 Å². The van der Waals surface area contributed by atoms with Gasteiger partial charge in [0.1, 0.15) is 0 Å². The molecular formula is C10H8BrNO. The Hall–Kier alpha value is -1.27. The molecule has 0 bridgehead atoms. The van der Waals surface area contributed by atoms with E-state index in [9.17, 15) is 4.79 Å². The molecule has 1 aromatic rings. The van der Waals surface area contributed by atoms with Crippen LogP contribution in [0.5, 0.6) is 0 Å². The van der Waals surface area contributed by atoms with Crippen molar-refractivity contribution in [3.63, 3.8) is 0 Å². The molecular weight excluding hydrogens is 230 g/mol. The summed E-state index contributed by atoms with van der Waals surface area (Å²) in [6.07, 6.45) is 0. The SMILES string of the molecule is Cc1cccc(NC(=O)C#CBr)c1. The minimum Gasteiger partial charge on any atom is -0.315 e. The summed E-state index contributed by atoms with van der Waals surface area (Å²) in [6.45, 7) is 1.96. The maximum atomic E-state index is 11.0. The van der Waals surface area contributed by atoms with Crippen LogP contribution in [0.2, 0.25) is 0 Å². The lowest BCUT2D eigenvalue weighted by Crippen LogP contribution is -2.07. The number of amides is 1. The molecule has 0 atom stereocenters. The molecule has 13 heavy (non-hydrogen) atoms. The van der Waals surface area contributed by atoms with Gasteiger partial charge >= 0.3 is 5.91 Å². The Morgan fingerprint density at radius 3 is 2.92 bits per heavy atom. The molecule has 1 aromatic carbocycles. The second-order valence-corrected chi connectivity index (χ2v) is 2.94. The average molecular weight is 238 g/mol. The number of rotatable bonds is 1. The van der Waals surface area contributed by atoms with Crippen LogP contribution in [0.1, 0.15) is 5.56 Å². The molecule has 3 heteroatoms. The maximum Gasteiger partial charge on any atom is 0.301 e. The lowest BCUT2D eigenvalue weighted by molar-refractivity contribution is -0.111. The van der Waals surface area contributed by atoms with Crippen molar-refractivity contribution in [2.45, 2.75) is 6.92 Å². The van der Waals surface area contributed by atoms with E-state index in [1.165, 1.54) is 0 Å². The van der Waals surface area contributed by atoms with Crippen LogP contribution in [0.4, 0.5) is 5.69 Å². The van der Waals surface area contributed by atoms with Crippen LogP contribution < -0.4 is 5.32 Å². The predicted molar refractivity (Wildman–Crippen MR) is 56.5 cm³/mol. The van der Waals surface area contributed by atoms with Gasteiger partial charge in [0.2, 0.25) is 0 Å². The summed E-state index contributed by atoms with van der Waals surface area (Å²) >= 11 is 2.86. The molecule has 0 saturated heterocycles. The number of halogens is 1. The molecule has 2 nitrogen and oxygen atoms in total. The Labute approximate surface area is 85.5 Å². The van der Waals surface area contributed by atoms with E-state index in [2.05, 4.69) is 32.0 Å². The largest absolute Gasteiger partial charge is 0.315 e. The van der Waals surface area contributed by atoms with Crippen LogP contribution in [-0.2, 0) is 4.79 Å². The topological polar surface area (TPSA) is 29.1 Å². The highest BCUT2D eigenvalue weighted by atomic mass is 79.9. The molecule has 0 aliphatic heterocycles. The number of hydrogen-bond donors (Lipinski definition) is 1. The second kappa shape index (κ2) is 4.68. The highest BCUT2D eigenvalue weighted by Crippen LogP contribution is 2.08. The normalized spacial score (nSPS) is 8.46. The number of anilines is 1. The van der Waals surface area contributed by atoms with E-state index < -0.39 is 0 Å². The first-order chi connectivity index (χ1) is 6.22. The predicted octanol–water partition coefficient (Wildman–Crippen LogP) is 2.29. The molecule has 0 heterocycles. The van der Waals surface area contributed by atoms with E-state index in [-0.39, 0.29) is 5.91 Å². The molecule has 0 aromatic heterocycles. The summed E-state index contributed by atoms with van der Waals surface area (Å²) in [4.78, 5) is 13.4. The van der Waals surface area contributed by atoms with Crippen molar-refractivity contribution in [2.75, 3.05) is 5.32 Å². The molecule has 1 rings (SSSR count). The Kier molecular flexibility index (Phi) is 3.53. The first kappa shape index (κ1) is 9.82.